The molecule has 0 radical (unpaired) electrons. The number of methoxy groups -OCH3 is 1. The molecular weight excluding hydrogens is 260 g/mol. The van der Waals surface area contributed by atoms with E-state index in [4.69, 9.17) is 15.7 Å². The van der Waals surface area contributed by atoms with Crippen molar-refractivity contribution >= 4 is 17.6 Å². The second kappa shape index (κ2) is 6.14. The van der Waals surface area contributed by atoms with Gasteiger partial charge in [0.1, 0.15) is 5.75 Å². The molecule has 0 aromatic heterocycles. The minimum absolute atomic E-state index is 0.0586. The molecule has 1 saturated heterocycles. The van der Waals surface area contributed by atoms with Crippen molar-refractivity contribution in [2.24, 2.45) is 10.9 Å². The van der Waals surface area contributed by atoms with Crippen LogP contribution in [0.25, 0.3) is 0 Å². The number of hydrogen-bond donors (Lipinski definition) is 3. The Kier molecular flexibility index (Phi) is 4.29. The summed E-state index contributed by atoms with van der Waals surface area (Å²) in [6.07, 6.45) is 1.52. The molecule has 0 aliphatic carbocycles. The summed E-state index contributed by atoms with van der Waals surface area (Å²) in [5.41, 5.74) is 6.24. The highest BCUT2D eigenvalue weighted by Gasteiger charge is 2.31. The third-order valence-electron chi connectivity index (χ3n) is 3.29. The Balaban J connectivity index is 2.07. The lowest BCUT2D eigenvalue weighted by atomic mass is 10.2. The Morgan fingerprint density at radius 1 is 1.60 bits per heavy atom. The number of likely N-dealkylation sites (tertiary alicyclic amines) is 1. The molecule has 1 aliphatic heterocycles. The fraction of sp³-hybridized carbons (Fsp3) is 0.385. The summed E-state index contributed by atoms with van der Waals surface area (Å²) in [5.74, 6) is 0.723. The van der Waals surface area contributed by atoms with Gasteiger partial charge in [0.25, 0.3) is 0 Å². The zero-order valence-corrected chi connectivity index (χ0v) is 11.2. The number of anilines is 1. The monoisotopic (exact) mass is 278 g/mol. The first-order valence-electron chi connectivity index (χ1n) is 6.35. The zero-order valence-electron chi connectivity index (χ0n) is 11.2. The fourth-order valence-electron chi connectivity index (χ4n) is 2.28. The van der Waals surface area contributed by atoms with Crippen molar-refractivity contribution in [3.63, 3.8) is 0 Å². The van der Waals surface area contributed by atoms with Gasteiger partial charge in [-0.25, -0.2) is 4.79 Å². The first-order valence-corrected chi connectivity index (χ1v) is 6.35. The first kappa shape index (κ1) is 14.0. The van der Waals surface area contributed by atoms with Crippen LogP contribution in [-0.2, 0) is 0 Å². The van der Waals surface area contributed by atoms with Gasteiger partial charge in [0.05, 0.1) is 13.2 Å². The number of hydrogen-bond acceptors (Lipinski definition) is 4. The van der Waals surface area contributed by atoms with Crippen molar-refractivity contribution < 1.29 is 14.7 Å². The minimum Gasteiger partial charge on any atom is -0.497 e. The van der Waals surface area contributed by atoms with Crippen LogP contribution in [0.4, 0.5) is 10.5 Å². The Bertz CT molecular complexity index is 518. The summed E-state index contributed by atoms with van der Waals surface area (Å²) in [6.45, 7) is 0.580. The molecule has 1 fully saturated rings. The van der Waals surface area contributed by atoms with Crippen molar-refractivity contribution in [1.82, 2.24) is 4.90 Å². The lowest BCUT2D eigenvalue weighted by molar-refractivity contribution is 0.215. The van der Waals surface area contributed by atoms with Crippen LogP contribution in [0.1, 0.15) is 12.8 Å². The van der Waals surface area contributed by atoms with Gasteiger partial charge in [-0.05, 0) is 25.0 Å². The summed E-state index contributed by atoms with van der Waals surface area (Å²) in [6, 6.07) is 6.46. The number of amidine groups is 1. The number of carbonyl (C=O) groups is 1. The van der Waals surface area contributed by atoms with Crippen LogP contribution in [0.5, 0.6) is 5.75 Å². The van der Waals surface area contributed by atoms with E-state index in [-0.39, 0.29) is 17.9 Å². The van der Waals surface area contributed by atoms with Gasteiger partial charge >= 0.3 is 6.03 Å². The normalized spacial score (nSPS) is 18.9. The number of amides is 2. The van der Waals surface area contributed by atoms with E-state index < -0.39 is 0 Å². The molecule has 108 valence electrons. The van der Waals surface area contributed by atoms with Gasteiger partial charge in [-0.15, -0.1) is 0 Å². The van der Waals surface area contributed by atoms with Crippen LogP contribution in [0.2, 0.25) is 0 Å². The maximum Gasteiger partial charge on any atom is 0.322 e. The number of benzene rings is 1. The molecule has 2 rings (SSSR count). The van der Waals surface area contributed by atoms with Gasteiger partial charge < -0.3 is 25.9 Å². The number of ether oxygens (including phenoxy) is 1. The Hall–Kier alpha value is -2.44. The van der Waals surface area contributed by atoms with Gasteiger partial charge in [0, 0.05) is 18.3 Å². The Labute approximate surface area is 117 Å². The van der Waals surface area contributed by atoms with E-state index in [1.807, 2.05) is 0 Å². The van der Waals surface area contributed by atoms with Crippen LogP contribution in [0.15, 0.2) is 29.4 Å². The summed E-state index contributed by atoms with van der Waals surface area (Å²) in [5, 5.41) is 14.5. The molecule has 4 N–H and O–H groups in total. The highest BCUT2D eigenvalue weighted by Crippen LogP contribution is 2.21. The van der Waals surface area contributed by atoms with Crippen LogP contribution >= 0.6 is 0 Å². The lowest BCUT2D eigenvalue weighted by Crippen LogP contribution is -2.45. The number of nitrogens with two attached hydrogens (primary N) is 1. The van der Waals surface area contributed by atoms with Crippen molar-refractivity contribution in [1.29, 1.82) is 0 Å². The first-order chi connectivity index (χ1) is 9.65. The maximum atomic E-state index is 12.2. The SMILES string of the molecule is COc1cccc(NC(=O)N2CCCC2C(N)=NO)c1. The molecule has 0 spiro atoms. The topological polar surface area (TPSA) is 100 Å². The molecular formula is C13H18N4O3. The highest BCUT2D eigenvalue weighted by molar-refractivity contribution is 5.95. The standard InChI is InChI=1S/C13H18N4O3/c1-20-10-5-2-4-9(8-10)15-13(18)17-7-3-6-11(17)12(14)16-19/h2,4-5,8,11,19H,3,6-7H2,1H3,(H2,14,16)(H,15,18). The van der Waals surface area contributed by atoms with Gasteiger partial charge in [0.15, 0.2) is 5.84 Å². The molecule has 1 atom stereocenters. The molecule has 1 aliphatic rings. The van der Waals surface area contributed by atoms with Gasteiger partial charge in [-0.1, -0.05) is 11.2 Å². The molecule has 0 saturated carbocycles. The third-order valence-corrected chi connectivity index (χ3v) is 3.29. The van der Waals surface area contributed by atoms with Crippen molar-refractivity contribution in [2.75, 3.05) is 19.0 Å². The van der Waals surface area contributed by atoms with Crippen LogP contribution in [0.3, 0.4) is 0 Å². The molecule has 7 heteroatoms. The van der Waals surface area contributed by atoms with Crippen LogP contribution < -0.4 is 15.8 Å². The average Bonchev–Trinajstić information content (AvgIpc) is 2.96. The molecule has 1 aromatic carbocycles. The molecule has 0 bridgehead atoms. The second-order valence-corrected chi connectivity index (χ2v) is 4.54. The average molecular weight is 278 g/mol. The Morgan fingerprint density at radius 3 is 3.10 bits per heavy atom. The van der Waals surface area contributed by atoms with E-state index in [0.29, 0.717) is 24.4 Å². The van der Waals surface area contributed by atoms with Crippen molar-refractivity contribution in [3.8, 4) is 5.75 Å². The molecule has 1 aromatic rings. The molecule has 7 nitrogen and oxygen atoms in total. The summed E-state index contributed by atoms with van der Waals surface area (Å²) >= 11 is 0. The third kappa shape index (κ3) is 2.93. The number of nitrogens with one attached hydrogen (secondary N) is 1. The number of carbonyl (C=O) groups excluding carboxylic acids is 1. The van der Waals surface area contributed by atoms with Crippen molar-refractivity contribution in [2.45, 2.75) is 18.9 Å². The summed E-state index contributed by atoms with van der Waals surface area (Å²) < 4.78 is 5.10. The largest absolute Gasteiger partial charge is 0.497 e. The number of rotatable bonds is 3. The van der Waals surface area contributed by atoms with E-state index in [9.17, 15) is 4.79 Å². The number of nitrogens with zero attached hydrogens (tertiary/aromatic N) is 2. The van der Waals surface area contributed by atoms with E-state index in [1.54, 1.807) is 36.3 Å². The second-order valence-electron chi connectivity index (χ2n) is 4.54. The Morgan fingerprint density at radius 2 is 2.40 bits per heavy atom. The minimum atomic E-state index is -0.356. The number of oxime groups is 1. The fourth-order valence-corrected chi connectivity index (χ4v) is 2.28. The molecule has 20 heavy (non-hydrogen) atoms. The molecule has 2 amide bonds. The predicted molar refractivity (Wildman–Crippen MR) is 75.1 cm³/mol. The number of urea groups is 1. The smallest absolute Gasteiger partial charge is 0.322 e. The highest BCUT2D eigenvalue weighted by atomic mass is 16.5. The van der Waals surface area contributed by atoms with Crippen molar-refractivity contribution in [3.05, 3.63) is 24.3 Å². The van der Waals surface area contributed by atoms with Crippen LogP contribution in [-0.4, -0.2) is 41.7 Å². The van der Waals surface area contributed by atoms with Gasteiger partial charge in [-0.3, -0.25) is 0 Å². The van der Waals surface area contributed by atoms with E-state index in [0.717, 1.165) is 6.42 Å². The zero-order chi connectivity index (χ0) is 14.5. The van der Waals surface area contributed by atoms with Gasteiger partial charge in [-0.2, -0.15) is 0 Å². The van der Waals surface area contributed by atoms with E-state index in [2.05, 4.69) is 10.5 Å². The summed E-state index contributed by atoms with van der Waals surface area (Å²) in [4.78, 5) is 13.8. The predicted octanol–water partition coefficient (Wildman–Crippen LogP) is 1.44. The van der Waals surface area contributed by atoms with Gasteiger partial charge in [0.2, 0.25) is 0 Å². The quantitative estimate of drug-likeness (QED) is 0.337. The summed E-state index contributed by atoms with van der Waals surface area (Å²) in [7, 11) is 1.57. The molecule has 1 unspecified atom stereocenters. The maximum absolute atomic E-state index is 12.2. The van der Waals surface area contributed by atoms with Crippen LogP contribution in [0, 0.1) is 0 Å². The van der Waals surface area contributed by atoms with E-state index in [1.165, 1.54) is 0 Å². The molecule has 1 heterocycles. The van der Waals surface area contributed by atoms with E-state index >= 15 is 0 Å². The lowest BCUT2D eigenvalue weighted by Gasteiger charge is -2.23.